The van der Waals surface area contributed by atoms with E-state index in [4.69, 9.17) is 11.5 Å². The van der Waals surface area contributed by atoms with Gasteiger partial charge in [-0.1, -0.05) is 17.8 Å². The number of benzene rings is 2. The van der Waals surface area contributed by atoms with Crippen LogP contribution in [0.1, 0.15) is 17.5 Å². The van der Waals surface area contributed by atoms with Crippen LogP contribution in [0, 0.1) is 0 Å². The SMILES string of the molecule is Nc1ccc(Sc2ccc3c(c2)CCC3)cc1N. The van der Waals surface area contributed by atoms with E-state index in [1.165, 1.54) is 35.3 Å². The van der Waals surface area contributed by atoms with Crippen molar-refractivity contribution in [3.8, 4) is 0 Å². The van der Waals surface area contributed by atoms with Gasteiger partial charge in [-0.15, -0.1) is 0 Å². The van der Waals surface area contributed by atoms with Gasteiger partial charge in [0.25, 0.3) is 0 Å². The Kier molecular flexibility index (Phi) is 2.92. The van der Waals surface area contributed by atoms with Crippen molar-refractivity contribution in [3.05, 3.63) is 47.5 Å². The molecule has 0 saturated carbocycles. The van der Waals surface area contributed by atoms with Gasteiger partial charge in [0.1, 0.15) is 0 Å². The molecule has 4 N–H and O–H groups in total. The first kappa shape index (κ1) is 11.5. The molecule has 0 aromatic heterocycles. The molecule has 2 nitrogen and oxygen atoms in total. The number of anilines is 2. The van der Waals surface area contributed by atoms with Crippen LogP contribution in [0.3, 0.4) is 0 Å². The van der Waals surface area contributed by atoms with Crippen molar-refractivity contribution in [3.63, 3.8) is 0 Å². The van der Waals surface area contributed by atoms with E-state index >= 15 is 0 Å². The van der Waals surface area contributed by atoms with Gasteiger partial charge in [0.15, 0.2) is 0 Å². The molecule has 1 aliphatic carbocycles. The van der Waals surface area contributed by atoms with Crippen LogP contribution in [0.15, 0.2) is 46.2 Å². The Morgan fingerprint density at radius 2 is 1.50 bits per heavy atom. The molecular weight excluding hydrogens is 240 g/mol. The highest BCUT2D eigenvalue weighted by Crippen LogP contribution is 2.33. The van der Waals surface area contributed by atoms with E-state index in [2.05, 4.69) is 18.2 Å². The summed E-state index contributed by atoms with van der Waals surface area (Å²) in [6, 6.07) is 12.6. The van der Waals surface area contributed by atoms with Crippen LogP contribution in [0.4, 0.5) is 11.4 Å². The Hall–Kier alpha value is -1.61. The number of nitrogen functional groups attached to an aromatic ring is 2. The summed E-state index contributed by atoms with van der Waals surface area (Å²) in [5.74, 6) is 0. The number of hydrogen-bond acceptors (Lipinski definition) is 3. The minimum Gasteiger partial charge on any atom is -0.397 e. The van der Waals surface area contributed by atoms with Gasteiger partial charge in [-0.25, -0.2) is 0 Å². The van der Waals surface area contributed by atoms with E-state index in [-0.39, 0.29) is 0 Å². The monoisotopic (exact) mass is 256 g/mol. The van der Waals surface area contributed by atoms with E-state index in [9.17, 15) is 0 Å². The second-order valence-corrected chi connectivity index (χ2v) is 5.82. The third-order valence-electron chi connectivity index (χ3n) is 3.36. The maximum Gasteiger partial charge on any atom is 0.0559 e. The zero-order valence-electron chi connectivity index (χ0n) is 10.1. The highest BCUT2D eigenvalue weighted by Gasteiger charge is 2.11. The first-order valence-electron chi connectivity index (χ1n) is 6.17. The molecule has 3 rings (SSSR count). The van der Waals surface area contributed by atoms with Crippen molar-refractivity contribution in [2.75, 3.05) is 11.5 Å². The normalized spacial score (nSPS) is 13.6. The largest absolute Gasteiger partial charge is 0.397 e. The lowest BCUT2D eigenvalue weighted by molar-refractivity contribution is 0.911. The van der Waals surface area contributed by atoms with Gasteiger partial charge in [0.2, 0.25) is 0 Å². The summed E-state index contributed by atoms with van der Waals surface area (Å²) in [5.41, 5.74) is 15.9. The smallest absolute Gasteiger partial charge is 0.0559 e. The minimum atomic E-state index is 0.647. The number of nitrogens with two attached hydrogens (primary N) is 2. The average Bonchev–Trinajstić information content (AvgIpc) is 2.81. The van der Waals surface area contributed by atoms with Crippen molar-refractivity contribution in [1.82, 2.24) is 0 Å². The zero-order valence-corrected chi connectivity index (χ0v) is 11.0. The second kappa shape index (κ2) is 4.58. The first-order valence-corrected chi connectivity index (χ1v) is 6.99. The quantitative estimate of drug-likeness (QED) is 0.809. The van der Waals surface area contributed by atoms with Crippen LogP contribution in [0.2, 0.25) is 0 Å². The summed E-state index contributed by atoms with van der Waals surface area (Å²) < 4.78 is 0. The van der Waals surface area contributed by atoms with Crippen LogP contribution in [-0.4, -0.2) is 0 Å². The molecule has 18 heavy (non-hydrogen) atoms. The lowest BCUT2D eigenvalue weighted by Crippen LogP contribution is -1.93. The molecule has 0 fully saturated rings. The number of fused-ring (bicyclic) bond motifs is 1. The predicted octanol–water partition coefficient (Wildman–Crippen LogP) is 3.49. The maximum atomic E-state index is 5.83. The Balaban J connectivity index is 1.85. The topological polar surface area (TPSA) is 52.0 Å². The molecule has 0 amide bonds. The highest BCUT2D eigenvalue weighted by molar-refractivity contribution is 7.99. The van der Waals surface area contributed by atoms with E-state index in [0.717, 1.165) is 4.90 Å². The van der Waals surface area contributed by atoms with E-state index in [1.807, 2.05) is 18.2 Å². The van der Waals surface area contributed by atoms with Gasteiger partial charge < -0.3 is 11.5 Å². The number of rotatable bonds is 2. The predicted molar refractivity (Wildman–Crippen MR) is 77.9 cm³/mol. The average molecular weight is 256 g/mol. The van der Waals surface area contributed by atoms with Crippen LogP contribution >= 0.6 is 11.8 Å². The molecule has 2 aromatic rings. The third-order valence-corrected chi connectivity index (χ3v) is 4.34. The van der Waals surface area contributed by atoms with Gasteiger partial charge in [0.05, 0.1) is 11.4 Å². The van der Waals surface area contributed by atoms with Gasteiger partial charge in [0, 0.05) is 9.79 Å². The fraction of sp³-hybridized carbons (Fsp3) is 0.200. The lowest BCUT2D eigenvalue weighted by Gasteiger charge is -2.06. The molecule has 92 valence electrons. The Morgan fingerprint density at radius 3 is 2.33 bits per heavy atom. The van der Waals surface area contributed by atoms with Gasteiger partial charge in [-0.2, -0.15) is 0 Å². The maximum absolute atomic E-state index is 5.83. The Morgan fingerprint density at radius 1 is 0.778 bits per heavy atom. The van der Waals surface area contributed by atoms with Crippen LogP contribution < -0.4 is 11.5 Å². The summed E-state index contributed by atoms with van der Waals surface area (Å²) in [5, 5.41) is 0. The Bertz CT molecular complexity index is 593. The molecule has 2 aromatic carbocycles. The van der Waals surface area contributed by atoms with Crippen molar-refractivity contribution in [2.24, 2.45) is 0 Å². The van der Waals surface area contributed by atoms with Gasteiger partial charge in [-0.3, -0.25) is 0 Å². The van der Waals surface area contributed by atoms with Crippen molar-refractivity contribution in [1.29, 1.82) is 0 Å². The summed E-state index contributed by atoms with van der Waals surface area (Å²) in [6.07, 6.45) is 3.74. The summed E-state index contributed by atoms with van der Waals surface area (Å²) >= 11 is 1.74. The van der Waals surface area contributed by atoms with Gasteiger partial charge >= 0.3 is 0 Å². The zero-order chi connectivity index (χ0) is 12.5. The van der Waals surface area contributed by atoms with Crippen LogP contribution in [0.5, 0.6) is 0 Å². The van der Waals surface area contributed by atoms with E-state index < -0.39 is 0 Å². The van der Waals surface area contributed by atoms with Crippen molar-refractivity contribution >= 4 is 23.1 Å². The van der Waals surface area contributed by atoms with Crippen LogP contribution in [0.25, 0.3) is 0 Å². The summed E-state index contributed by atoms with van der Waals surface area (Å²) in [7, 11) is 0. The lowest BCUT2D eigenvalue weighted by atomic mass is 10.1. The number of hydrogen-bond donors (Lipinski definition) is 2. The minimum absolute atomic E-state index is 0.647. The van der Waals surface area contributed by atoms with Gasteiger partial charge in [-0.05, 0) is 60.7 Å². The standard InChI is InChI=1S/C15H16N2S/c16-14-7-6-13(9-15(14)17)18-12-5-4-10-2-1-3-11(10)8-12/h4-9H,1-3,16-17H2. The fourth-order valence-electron chi connectivity index (χ4n) is 2.36. The summed E-state index contributed by atoms with van der Waals surface area (Å²) in [6.45, 7) is 0. The second-order valence-electron chi connectivity index (χ2n) is 4.68. The molecule has 0 aliphatic heterocycles. The molecule has 0 heterocycles. The molecule has 3 heteroatoms. The third kappa shape index (κ3) is 2.18. The van der Waals surface area contributed by atoms with Crippen molar-refractivity contribution < 1.29 is 0 Å². The molecule has 0 atom stereocenters. The molecule has 1 aliphatic rings. The highest BCUT2D eigenvalue weighted by atomic mass is 32.2. The Labute approximate surface area is 111 Å². The summed E-state index contributed by atoms with van der Waals surface area (Å²) in [4.78, 5) is 2.42. The molecule has 0 bridgehead atoms. The number of aryl methyl sites for hydroxylation is 2. The van der Waals surface area contributed by atoms with E-state index in [1.54, 1.807) is 11.8 Å². The molecule has 0 saturated heterocycles. The van der Waals surface area contributed by atoms with Crippen LogP contribution in [-0.2, 0) is 12.8 Å². The molecule has 0 unspecified atom stereocenters. The van der Waals surface area contributed by atoms with Crippen molar-refractivity contribution in [2.45, 2.75) is 29.1 Å². The molecule has 0 spiro atoms. The first-order chi connectivity index (χ1) is 8.72. The van der Waals surface area contributed by atoms with E-state index in [0.29, 0.717) is 11.4 Å². The molecular formula is C15H16N2S. The fourth-order valence-corrected chi connectivity index (χ4v) is 3.30. The molecule has 0 radical (unpaired) electrons.